The maximum Gasteiger partial charge on any atom is 0.235 e. The fraction of sp³-hybridized carbons (Fsp3) is 0. The number of rotatable bonds is 9. The van der Waals surface area contributed by atoms with Crippen molar-refractivity contribution < 1.29 is 8.83 Å². The molecule has 0 fully saturated rings. The van der Waals surface area contributed by atoms with Crippen LogP contribution in [0.15, 0.2) is 409 Å². The molecule has 0 amide bonds. The lowest BCUT2D eigenvalue weighted by Crippen LogP contribution is -2.03. The summed E-state index contributed by atoms with van der Waals surface area (Å²) in [6.07, 6.45) is 0. The molecular weight excluding hydrogens is 1640 g/mol. The Morgan fingerprint density at radius 3 is 1.11 bits per heavy atom. The average molecular weight is 1700 g/mol. The molecule has 14 nitrogen and oxygen atoms in total. The molecule has 27 aromatic rings. The van der Waals surface area contributed by atoms with Gasteiger partial charge in [0.15, 0.2) is 28.7 Å². The summed E-state index contributed by atoms with van der Waals surface area (Å²) in [5.74, 6) is 1.94. The standard InChI is InChI=1S/2C39H22N4O.C39H22N4S/c1-40-27-10-8-9-26(21-27)24-17-19-25(20-18-24)38-30-13-2-5-14-33(30)41-39(42-38)43-34-15-6-3-11-28(34)31-23-37-32(22-35(31)43)29-12-4-7-16-36(29)44-37;1-40-26-10-8-9-25(21-26)38-30-13-2-5-14-33(30)41-39(42-38)24-17-19-27(20-18-24)43-34-15-6-3-11-28(34)31-23-37-32(22-35(31)43)29-12-4-7-16-36(29)44-37;1-40-26-18-14-24(15-19-26)38-30-10-2-5-11-33(30)41-39(42-38)25-16-20-27(21-17-25)43-34-12-6-3-8-28(34)31-23-37-32(22-35(31)43)29-9-4-7-13-36(29)44-37/h3*2-23H. The quantitative estimate of drug-likeness (QED) is 0.131. The fourth-order valence-corrected chi connectivity index (χ4v) is 20.2. The van der Waals surface area contributed by atoms with Crippen molar-refractivity contribution in [2.24, 2.45) is 0 Å². The highest BCUT2D eigenvalue weighted by Gasteiger charge is 2.24. The molecule has 0 aliphatic carbocycles. The molecule has 15 heteroatoms. The summed E-state index contributed by atoms with van der Waals surface area (Å²) < 4.78 is 22.0. The Bertz CT molecular complexity index is 9600. The van der Waals surface area contributed by atoms with E-state index in [4.69, 9.17) is 58.5 Å². The summed E-state index contributed by atoms with van der Waals surface area (Å²) in [7, 11) is 0. The minimum absolute atomic E-state index is 0.586. The molecule has 27 rings (SSSR count). The van der Waals surface area contributed by atoms with Gasteiger partial charge in [-0.25, -0.2) is 44.4 Å². The first-order valence-electron chi connectivity index (χ1n) is 43.4. The van der Waals surface area contributed by atoms with Gasteiger partial charge in [-0.2, -0.15) is 0 Å². The number of benzene rings is 18. The number of fused-ring (bicyclic) bond motifs is 21. The molecular formula is C117H66N12O2S. The molecule has 132 heavy (non-hydrogen) atoms. The van der Waals surface area contributed by atoms with E-state index >= 15 is 0 Å². The Labute approximate surface area is 757 Å². The number of para-hydroxylation sites is 8. The number of hydrogen-bond donors (Lipinski definition) is 0. The van der Waals surface area contributed by atoms with E-state index in [0.717, 1.165) is 182 Å². The summed E-state index contributed by atoms with van der Waals surface area (Å²) in [5, 5.41) is 16.9. The van der Waals surface area contributed by atoms with Crippen LogP contribution in [0.3, 0.4) is 0 Å². The average Bonchev–Trinajstić information content (AvgIpc) is 1.59. The van der Waals surface area contributed by atoms with Crippen LogP contribution in [-0.2, 0) is 0 Å². The predicted molar refractivity (Wildman–Crippen MR) is 540 cm³/mol. The van der Waals surface area contributed by atoms with Gasteiger partial charge in [0, 0.05) is 118 Å². The molecule has 0 spiro atoms. The highest BCUT2D eigenvalue weighted by molar-refractivity contribution is 7.25. The molecule has 0 unspecified atom stereocenters. The molecule has 612 valence electrons. The molecule has 0 N–H and O–H groups in total. The largest absolute Gasteiger partial charge is 0.456 e. The highest BCUT2D eigenvalue weighted by Crippen LogP contribution is 2.46. The van der Waals surface area contributed by atoms with Crippen molar-refractivity contribution in [2.75, 3.05) is 0 Å². The number of hydrogen-bond acceptors (Lipinski definition) is 9. The van der Waals surface area contributed by atoms with Crippen molar-refractivity contribution in [3.05, 3.63) is 435 Å². The lowest BCUT2D eigenvalue weighted by atomic mass is 10.0. The van der Waals surface area contributed by atoms with Crippen LogP contribution in [0.2, 0.25) is 0 Å². The van der Waals surface area contributed by atoms with Crippen LogP contribution in [0.5, 0.6) is 0 Å². The molecule has 0 bridgehead atoms. The van der Waals surface area contributed by atoms with Gasteiger partial charge in [0.25, 0.3) is 0 Å². The van der Waals surface area contributed by atoms with Crippen molar-refractivity contribution in [3.8, 4) is 85.0 Å². The third-order valence-corrected chi connectivity index (χ3v) is 26.4. The zero-order valence-corrected chi connectivity index (χ0v) is 71.0. The van der Waals surface area contributed by atoms with E-state index in [2.05, 4.69) is 265 Å². The van der Waals surface area contributed by atoms with Gasteiger partial charge in [-0.05, 0) is 174 Å². The summed E-state index contributed by atoms with van der Waals surface area (Å²) in [5.41, 5.74) is 26.2. The van der Waals surface area contributed by atoms with Gasteiger partial charge in [0.05, 0.1) is 86.4 Å². The summed E-state index contributed by atoms with van der Waals surface area (Å²) in [4.78, 5) is 41.1. The molecule has 18 aromatic carbocycles. The number of aromatic nitrogens is 9. The van der Waals surface area contributed by atoms with Crippen molar-refractivity contribution in [1.82, 2.24) is 43.6 Å². The monoisotopic (exact) mass is 1700 g/mol. The van der Waals surface area contributed by atoms with E-state index < -0.39 is 0 Å². The van der Waals surface area contributed by atoms with Gasteiger partial charge in [-0.3, -0.25) is 4.57 Å². The summed E-state index contributed by atoms with van der Waals surface area (Å²) in [6.45, 7) is 22.2. The molecule has 9 aromatic heterocycles. The molecule has 0 atom stereocenters. The Kier molecular flexibility index (Phi) is 17.9. The van der Waals surface area contributed by atoms with Crippen molar-refractivity contribution in [2.45, 2.75) is 0 Å². The van der Waals surface area contributed by atoms with Gasteiger partial charge < -0.3 is 18.0 Å². The van der Waals surface area contributed by atoms with Crippen molar-refractivity contribution in [1.29, 1.82) is 0 Å². The van der Waals surface area contributed by atoms with Gasteiger partial charge in [0.2, 0.25) is 5.95 Å². The Morgan fingerprint density at radius 2 is 0.591 bits per heavy atom. The minimum Gasteiger partial charge on any atom is -0.456 e. The molecule has 0 saturated heterocycles. The second kappa shape index (κ2) is 31.1. The first kappa shape index (κ1) is 76.1. The summed E-state index contributed by atoms with van der Waals surface area (Å²) in [6, 6.07) is 137. The zero-order valence-electron chi connectivity index (χ0n) is 70.2. The molecule has 0 radical (unpaired) electrons. The van der Waals surface area contributed by atoms with Crippen LogP contribution in [0.1, 0.15) is 0 Å². The predicted octanol–water partition coefficient (Wildman–Crippen LogP) is 32.0. The Hall–Kier alpha value is -18.3. The van der Waals surface area contributed by atoms with Crippen LogP contribution in [0.25, 0.3) is 262 Å². The van der Waals surface area contributed by atoms with Crippen LogP contribution < -0.4 is 0 Å². The van der Waals surface area contributed by atoms with Gasteiger partial charge in [-0.15, -0.1) is 11.3 Å². The maximum atomic E-state index is 7.48. The minimum atomic E-state index is 0.586. The van der Waals surface area contributed by atoms with E-state index in [9.17, 15) is 0 Å². The third kappa shape index (κ3) is 12.8. The lowest BCUT2D eigenvalue weighted by Gasteiger charge is -2.12. The SMILES string of the molecule is [C-]#[N+]c1ccc(-c2nc(-c3ccc(-n4c5ccccc5c5cc6sc7ccccc7c6cc54)cc3)nc3ccccc23)cc1.[C-]#[N+]c1cccc(-c2ccc(-c3nc(-n4c5ccccc5c5cc6oc7ccccc7c6cc54)nc4ccccc34)cc2)c1.[C-]#[N+]c1cccc(-c2nc(-c3ccc(-n4c5ccccc5c5cc6oc7ccccc7c6cc54)cc3)nc3ccccc23)c1. The van der Waals surface area contributed by atoms with Crippen molar-refractivity contribution >= 4 is 191 Å². The molecule has 9 heterocycles. The first-order valence-corrected chi connectivity index (χ1v) is 44.2. The fourth-order valence-electron chi connectivity index (χ4n) is 19.1. The van der Waals surface area contributed by atoms with E-state index in [1.54, 1.807) is 0 Å². The lowest BCUT2D eigenvalue weighted by molar-refractivity contribution is 0.669. The van der Waals surface area contributed by atoms with Gasteiger partial charge in [0.1, 0.15) is 22.3 Å². The number of thiophene rings is 1. The zero-order chi connectivity index (χ0) is 87.6. The van der Waals surface area contributed by atoms with Crippen LogP contribution >= 0.6 is 11.3 Å². The van der Waals surface area contributed by atoms with Crippen molar-refractivity contribution in [3.63, 3.8) is 0 Å². The molecule has 0 saturated carbocycles. The second-order valence-electron chi connectivity index (χ2n) is 32.8. The van der Waals surface area contributed by atoms with Crippen LogP contribution in [0.4, 0.5) is 17.1 Å². The van der Waals surface area contributed by atoms with Gasteiger partial charge >= 0.3 is 0 Å². The van der Waals surface area contributed by atoms with Crippen LogP contribution in [-0.4, -0.2) is 43.6 Å². The summed E-state index contributed by atoms with van der Waals surface area (Å²) >= 11 is 1.86. The van der Waals surface area contributed by atoms with E-state index in [1.165, 1.54) is 47.4 Å². The maximum absolute atomic E-state index is 7.48. The van der Waals surface area contributed by atoms with E-state index in [1.807, 2.05) is 175 Å². The van der Waals surface area contributed by atoms with E-state index in [0.29, 0.717) is 34.7 Å². The number of nitrogens with zero attached hydrogens (tertiary/aromatic N) is 12. The normalized spacial score (nSPS) is 11.6. The molecule has 0 aliphatic heterocycles. The number of furan rings is 2. The second-order valence-corrected chi connectivity index (χ2v) is 33.9. The Balaban J connectivity index is 0.000000106. The third-order valence-electron chi connectivity index (χ3n) is 25.3. The molecule has 0 aliphatic rings. The first-order chi connectivity index (χ1) is 65.2. The van der Waals surface area contributed by atoms with E-state index in [-0.39, 0.29) is 0 Å². The van der Waals surface area contributed by atoms with Crippen LogP contribution in [0, 0.1) is 19.7 Å². The smallest absolute Gasteiger partial charge is 0.235 e. The highest BCUT2D eigenvalue weighted by atomic mass is 32.1. The Morgan fingerprint density at radius 1 is 0.212 bits per heavy atom. The van der Waals surface area contributed by atoms with Gasteiger partial charge in [-0.1, -0.05) is 249 Å². The topological polar surface area (TPSA) is 131 Å².